The van der Waals surface area contributed by atoms with Gasteiger partial charge in [-0.15, -0.1) is 0 Å². The molecule has 0 fully saturated rings. The number of aryl methyl sites for hydroxylation is 1. The van der Waals surface area contributed by atoms with Gasteiger partial charge < -0.3 is 4.90 Å². The van der Waals surface area contributed by atoms with Gasteiger partial charge in [-0.1, -0.05) is 6.07 Å². The molecule has 1 aliphatic heterocycles. The van der Waals surface area contributed by atoms with E-state index in [-0.39, 0.29) is 5.91 Å². The van der Waals surface area contributed by atoms with Crippen molar-refractivity contribution in [3.05, 3.63) is 34.9 Å². The Morgan fingerprint density at radius 3 is 2.45 bits per heavy atom. The first-order valence-corrected chi connectivity index (χ1v) is 6.99. The molecule has 0 radical (unpaired) electrons. The van der Waals surface area contributed by atoms with E-state index in [9.17, 15) is 4.79 Å². The lowest BCUT2D eigenvalue weighted by atomic mass is 10.0. The first-order valence-electron chi connectivity index (χ1n) is 6.99. The minimum atomic E-state index is -0.130. The summed E-state index contributed by atoms with van der Waals surface area (Å²) < 4.78 is 0. The van der Waals surface area contributed by atoms with E-state index >= 15 is 0 Å². The standard InChI is InChI=1S/C16H21N3O/c1-5-19(6-2)14-8-7-13(11(3)9-14)10-15-12(4)17-18-16(15)20/h7-10H,5-6H2,1-4H3,(H,18,20)/b15-10+. The van der Waals surface area contributed by atoms with Gasteiger partial charge >= 0.3 is 0 Å². The van der Waals surface area contributed by atoms with Crippen LogP contribution in [0.3, 0.4) is 0 Å². The predicted molar refractivity (Wildman–Crippen MR) is 84.0 cm³/mol. The molecule has 0 aliphatic carbocycles. The van der Waals surface area contributed by atoms with Gasteiger partial charge in [-0.25, -0.2) is 5.43 Å². The number of amides is 1. The van der Waals surface area contributed by atoms with Crippen LogP contribution in [0.2, 0.25) is 0 Å². The molecule has 0 unspecified atom stereocenters. The molecule has 0 spiro atoms. The highest BCUT2D eigenvalue weighted by Crippen LogP contribution is 2.22. The molecule has 0 bridgehead atoms. The minimum absolute atomic E-state index is 0.130. The Kier molecular flexibility index (Phi) is 4.23. The van der Waals surface area contributed by atoms with Crippen LogP contribution in [0.5, 0.6) is 0 Å². The van der Waals surface area contributed by atoms with Crippen LogP contribution in [0.4, 0.5) is 5.69 Å². The van der Waals surface area contributed by atoms with Crippen LogP contribution in [0.15, 0.2) is 28.9 Å². The Morgan fingerprint density at radius 2 is 1.95 bits per heavy atom. The van der Waals surface area contributed by atoms with Crippen molar-refractivity contribution in [1.82, 2.24) is 5.43 Å². The molecule has 4 heteroatoms. The summed E-state index contributed by atoms with van der Waals surface area (Å²) in [5.74, 6) is -0.130. The summed E-state index contributed by atoms with van der Waals surface area (Å²) in [6.45, 7) is 10.2. The minimum Gasteiger partial charge on any atom is -0.372 e. The number of hydrazone groups is 1. The van der Waals surface area contributed by atoms with Gasteiger partial charge in [0.15, 0.2) is 0 Å². The van der Waals surface area contributed by atoms with Crippen molar-refractivity contribution in [2.75, 3.05) is 18.0 Å². The Balaban J connectivity index is 2.33. The maximum absolute atomic E-state index is 11.7. The summed E-state index contributed by atoms with van der Waals surface area (Å²) in [5.41, 5.74) is 7.30. The number of hydrogen-bond donors (Lipinski definition) is 1. The number of nitrogens with zero attached hydrogens (tertiary/aromatic N) is 2. The van der Waals surface area contributed by atoms with Crippen molar-refractivity contribution >= 4 is 23.4 Å². The highest BCUT2D eigenvalue weighted by molar-refractivity contribution is 6.26. The highest BCUT2D eigenvalue weighted by atomic mass is 16.2. The number of rotatable bonds is 4. The topological polar surface area (TPSA) is 44.7 Å². The van der Waals surface area contributed by atoms with Crippen molar-refractivity contribution in [3.63, 3.8) is 0 Å². The summed E-state index contributed by atoms with van der Waals surface area (Å²) in [7, 11) is 0. The van der Waals surface area contributed by atoms with Crippen molar-refractivity contribution in [1.29, 1.82) is 0 Å². The summed E-state index contributed by atoms with van der Waals surface area (Å²) in [6, 6.07) is 6.33. The molecular weight excluding hydrogens is 250 g/mol. The SMILES string of the molecule is CCN(CC)c1ccc(/C=C2/C(=O)NN=C2C)c(C)c1. The van der Waals surface area contributed by atoms with Crippen molar-refractivity contribution in [2.24, 2.45) is 5.10 Å². The molecule has 1 aromatic rings. The number of anilines is 1. The Hall–Kier alpha value is -2.10. The van der Waals surface area contributed by atoms with Crippen LogP contribution in [0, 0.1) is 6.92 Å². The fraction of sp³-hybridized carbons (Fsp3) is 0.375. The molecule has 4 nitrogen and oxygen atoms in total. The van der Waals surface area contributed by atoms with E-state index < -0.39 is 0 Å². The monoisotopic (exact) mass is 271 g/mol. The van der Waals surface area contributed by atoms with E-state index in [1.807, 2.05) is 13.0 Å². The normalized spacial score (nSPS) is 16.3. The Morgan fingerprint density at radius 1 is 1.25 bits per heavy atom. The van der Waals surface area contributed by atoms with Crippen LogP contribution in [0.1, 0.15) is 31.9 Å². The number of carbonyl (C=O) groups is 1. The Labute approximate surface area is 120 Å². The van der Waals surface area contributed by atoms with Gasteiger partial charge in [0.05, 0.1) is 11.3 Å². The van der Waals surface area contributed by atoms with Gasteiger partial charge in [-0.2, -0.15) is 5.10 Å². The fourth-order valence-corrected chi connectivity index (χ4v) is 2.35. The zero-order valence-electron chi connectivity index (χ0n) is 12.5. The molecule has 1 aliphatic rings. The highest BCUT2D eigenvalue weighted by Gasteiger charge is 2.18. The van der Waals surface area contributed by atoms with Gasteiger partial charge in [0.1, 0.15) is 0 Å². The van der Waals surface area contributed by atoms with E-state index in [1.54, 1.807) is 0 Å². The lowest BCUT2D eigenvalue weighted by Crippen LogP contribution is -2.21. The third-order valence-corrected chi connectivity index (χ3v) is 3.64. The van der Waals surface area contributed by atoms with Crippen molar-refractivity contribution < 1.29 is 4.79 Å². The van der Waals surface area contributed by atoms with E-state index in [0.29, 0.717) is 5.57 Å². The van der Waals surface area contributed by atoms with E-state index in [4.69, 9.17) is 0 Å². The second kappa shape index (κ2) is 5.90. The predicted octanol–water partition coefficient (Wildman–Crippen LogP) is 2.73. The van der Waals surface area contributed by atoms with Crippen LogP contribution >= 0.6 is 0 Å². The molecule has 106 valence electrons. The number of carbonyl (C=O) groups excluding carboxylic acids is 1. The molecule has 0 aromatic heterocycles. The first kappa shape index (κ1) is 14.3. The lowest BCUT2D eigenvalue weighted by molar-refractivity contribution is -0.116. The zero-order chi connectivity index (χ0) is 14.7. The van der Waals surface area contributed by atoms with Gasteiger partial charge in [0.2, 0.25) is 0 Å². The Bertz CT molecular complexity index is 583. The summed E-state index contributed by atoms with van der Waals surface area (Å²) in [4.78, 5) is 14.0. The van der Waals surface area contributed by atoms with Crippen LogP contribution in [-0.4, -0.2) is 24.7 Å². The summed E-state index contributed by atoms with van der Waals surface area (Å²) >= 11 is 0. The quantitative estimate of drug-likeness (QED) is 0.856. The largest absolute Gasteiger partial charge is 0.372 e. The lowest BCUT2D eigenvalue weighted by Gasteiger charge is -2.21. The van der Waals surface area contributed by atoms with Crippen LogP contribution < -0.4 is 10.3 Å². The van der Waals surface area contributed by atoms with Crippen LogP contribution in [0.25, 0.3) is 6.08 Å². The fourth-order valence-electron chi connectivity index (χ4n) is 2.35. The molecule has 0 saturated carbocycles. The van der Waals surface area contributed by atoms with Gasteiger partial charge in [-0.3, -0.25) is 4.79 Å². The summed E-state index contributed by atoms with van der Waals surface area (Å²) in [5, 5.41) is 3.94. The maximum Gasteiger partial charge on any atom is 0.273 e. The maximum atomic E-state index is 11.7. The van der Waals surface area contributed by atoms with Gasteiger partial charge in [0.25, 0.3) is 5.91 Å². The van der Waals surface area contributed by atoms with Crippen molar-refractivity contribution in [3.8, 4) is 0 Å². The van der Waals surface area contributed by atoms with E-state index in [1.165, 1.54) is 5.69 Å². The second-order valence-electron chi connectivity index (χ2n) is 4.91. The molecule has 0 saturated heterocycles. The molecule has 2 rings (SSSR count). The second-order valence-corrected chi connectivity index (χ2v) is 4.91. The van der Waals surface area contributed by atoms with Gasteiger partial charge in [-0.05, 0) is 57.0 Å². The summed E-state index contributed by atoms with van der Waals surface area (Å²) in [6.07, 6.45) is 1.91. The molecule has 1 aromatic carbocycles. The molecule has 0 atom stereocenters. The third-order valence-electron chi connectivity index (χ3n) is 3.64. The average molecular weight is 271 g/mol. The van der Waals surface area contributed by atoms with Crippen molar-refractivity contribution in [2.45, 2.75) is 27.7 Å². The number of benzene rings is 1. The van der Waals surface area contributed by atoms with E-state index in [2.05, 4.69) is 54.4 Å². The zero-order valence-corrected chi connectivity index (χ0v) is 12.5. The smallest absolute Gasteiger partial charge is 0.273 e. The molecule has 1 amide bonds. The molecule has 1 heterocycles. The van der Waals surface area contributed by atoms with Gasteiger partial charge in [0, 0.05) is 18.8 Å². The molecule has 1 N–H and O–H groups in total. The number of nitrogens with one attached hydrogen (secondary N) is 1. The average Bonchev–Trinajstić information content (AvgIpc) is 2.74. The number of hydrogen-bond acceptors (Lipinski definition) is 3. The third kappa shape index (κ3) is 2.74. The van der Waals surface area contributed by atoms with E-state index in [0.717, 1.165) is 29.9 Å². The van der Waals surface area contributed by atoms with Crippen LogP contribution in [-0.2, 0) is 4.79 Å². The first-order chi connectivity index (χ1) is 9.56. The molecule has 20 heavy (non-hydrogen) atoms. The molecular formula is C16H21N3O.